The lowest BCUT2D eigenvalue weighted by Crippen LogP contribution is -2.15. The molecule has 2 rings (SSSR count). The molecule has 0 saturated heterocycles. The quantitative estimate of drug-likeness (QED) is 0.735. The Labute approximate surface area is 129 Å². The lowest BCUT2D eigenvalue weighted by molar-refractivity contribution is -0.141. The van der Waals surface area contributed by atoms with Gasteiger partial charge in [0, 0.05) is 18.3 Å². The fourth-order valence-corrected chi connectivity index (χ4v) is 1.72. The van der Waals surface area contributed by atoms with E-state index in [2.05, 4.69) is 20.6 Å². The van der Waals surface area contributed by atoms with Crippen molar-refractivity contribution in [3.05, 3.63) is 41.3 Å². The maximum absolute atomic E-state index is 13.5. The summed E-state index contributed by atoms with van der Waals surface area (Å²) in [6, 6.07) is 4.90. The van der Waals surface area contributed by atoms with Crippen LogP contribution in [0.25, 0.3) is 0 Å². The Morgan fingerprint density at radius 2 is 1.91 bits per heavy atom. The van der Waals surface area contributed by atoms with Crippen molar-refractivity contribution in [1.82, 2.24) is 9.97 Å². The summed E-state index contributed by atoms with van der Waals surface area (Å²) in [7, 11) is 0. The highest BCUT2D eigenvalue weighted by molar-refractivity contribution is 5.58. The zero-order chi connectivity index (χ0) is 17.0. The van der Waals surface area contributed by atoms with Crippen LogP contribution in [0.1, 0.15) is 11.3 Å². The molecule has 0 atom stereocenters. The molecule has 5 nitrogen and oxygen atoms in total. The van der Waals surface area contributed by atoms with Crippen LogP contribution >= 0.6 is 0 Å². The molecule has 0 amide bonds. The summed E-state index contributed by atoms with van der Waals surface area (Å²) in [6.07, 6.45) is -4.66. The van der Waals surface area contributed by atoms with E-state index in [9.17, 15) is 17.6 Å². The number of aryl methyl sites for hydroxylation is 1. The van der Waals surface area contributed by atoms with E-state index in [1.54, 1.807) is 6.92 Å². The Bertz CT molecular complexity index is 691. The lowest BCUT2D eigenvalue weighted by Gasteiger charge is -2.12. The lowest BCUT2D eigenvalue weighted by atomic mass is 10.2. The number of aliphatic hydroxyl groups excluding tert-OH is 1. The minimum atomic E-state index is -4.66. The highest BCUT2D eigenvalue weighted by atomic mass is 19.4. The standard InChI is InChI=1S/C14H14F4N4O/c1-8-2-3-9(6-10(8)15)20-12-7-11(14(16,17)18)21-13(22-12)19-4-5-23/h2-3,6-7,23H,4-5H2,1H3,(H2,19,20,21,22). The normalized spacial score (nSPS) is 11.4. The molecule has 2 aromatic rings. The first-order valence-corrected chi connectivity index (χ1v) is 6.64. The van der Waals surface area contributed by atoms with Crippen LogP contribution in [0.3, 0.4) is 0 Å². The van der Waals surface area contributed by atoms with E-state index in [4.69, 9.17) is 5.11 Å². The summed E-state index contributed by atoms with van der Waals surface area (Å²) in [5, 5.41) is 13.8. The van der Waals surface area contributed by atoms with Gasteiger partial charge in [-0.15, -0.1) is 0 Å². The van der Waals surface area contributed by atoms with Gasteiger partial charge in [0.2, 0.25) is 5.95 Å². The van der Waals surface area contributed by atoms with Crippen molar-refractivity contribution in [3.8, 4) is 0 Å². The zero-order valence-electron chi connectivity index (χ0n) is 12.1. The van der Waals surface area contributed by atoms with Gasteiger partial charge in [-0.1, -0.05) is 6.07 Å². The second-order valence-corrected chi connectivity index (χ2v) is 4.70. The molecule has 9 heteroatoms. The molecule has 0 spiro atoms. The number of nitrogens with zero attached hydrogens (tertiary/aromatic N) is 2. The van der Waals surface area contributed by atoms with Gasteiger partial charge in [-0.3, -0.25) is 0 Å². The minimum absolute atomic E-state index is 0.0000890. The van der Waals surface area contributed by atoms with Gasteiger partial charge in [0.25, 0.3) is 0 Å². The summed E-state index contributed by atoms with van der Waals surface area (Å²) < 4.78 is 52.1. The maximum Gasteiger partial charge on any atom is 0.433 e. The number of aliphatic hydroxyl groups is 1. The van der Waals surface area contributed by atoms with Crippen LogP contribution in [0.5, 0.6) is 0 Å². The fourth-order valence-electron chi connectivity index (χ4n) is 1.72. The van der Waals surface area contributed by atoms with Gasteiger partial charge in [0.05, 0.1) is 6.61 Å². The molecule has 1 aromatic carbocycles. The first-order chi connectivity index (χ1) is 10.8. The van der Waals surface area contributed by atoms with Crippen molar-refractivity contribution in [3.63, 3.8) is 0 Å². The van der Waals surface area contributed by atoms with E-state index in [1.165, 1.54) is 12.1 Å². The number of anilines is 3. The van der Waals surface area contributed by atoms with Crippen LogP contribution in [0.4, 0.5) is 35.0 Å². The SMILES string of the molecule is Cc1ccc(Nc2cc(C(F)(F)F)nc(NCCO)n2)cc1F. The first-order valence-electron chi connectivity index (χ1n) is 6.64. The molecule has 1 aromatic heterocycles. The van der Waals surface area contributed by atoms with Gasteiger partial charge >= 0.3 is 6.18 Å². The highest BCUT2D eigenvalue weighted by Crippen LogP contribution is 2.30. The summed E-state index contributed by atoms with van der Waals surface area (Å²) in [6.45, 7) is 1.29. The number of hydrogen-bond acceptors (Lipinski definition) is 5. The second-order valence-electron chi connectivity index (χ2n) is 4.70. The predicted molar refractivity (Wildman–Crippen MR) is 77.0 cm³/mol. The summed E-state index contributed by atoms with van der Waals surface area (Å²) in [5.74, 6) is -0.918. The number of hydrogen-bond donors (Lipinski definition) is 3. The Morgan fingerprint density at radius 1 is 1.17 bits per heavy atom. The number of nitrogens with one attached hydrogen (secondary N) is 2. The Kier molecular flexibility index (Phi) is 4.99. The highest BCUT2D eigenvalue weighted by Gasteiger charge is 2.33. The van der Waals surface area contributed by atoms with Crippen molar-refractivity contribution < 1.29 is 22.7 Å². The van der Waals surface area contributed by atoms with Gasteiger partial charge in [0.15, 0.2) is 5.69 Å². The zero-order valence-corrected chi connectivity index (χ0v) is 12.1. The smallest absolute Gasteiger partial charge is 0.395 e. The van der Waals surface area contributed by atoms with E-state index >= 15 is 0 Å². The third-order valence-electron chi connectivity index (χ3n) is 2.86. The topological polar surface area (TPSA) is 70.1 Å². The molecule has 0 fully saturated rings. The van der Waals surface area contributed by atoms with Crippen molar-refractivity contribution >= 4 is 17.5 Å². The average molecular weight is 330 g/mol. The molecule has 0 aliphatic heterocycles. The first kappa shape index (κ1) is 16.9. The second kappa shape index (κ2) is 6.78. The van der Waals surface area contributed by atoms with Crippen molar-refractivity contribution in [2.75, 3.05) is 23.8 Å². The molecule has 0 radical (unpaired) electrons. The molecule has 0 bridgehead atoms. The van der Waals surface area contributed by atoms with Gasteiger partial charge in [-0.05, 0) is 24.6 Å². The van der Waals surface area contributed by atoms with Crippen LogP contribution in [0.2, 0.25) is 0 Å². The third-order valence-corrected chi connectivity index (χ3v) is 2.86. The van der Waals surface area contributed by atoms with Gasteiger partial charge in [-0.25, -0.2) is 9.37 Å². The number of rotatable bonds is 5. The number of aromatic nitrogens is 2. The van der Waals surface area contributed by atoms with E-state index in [1.807, 2.05) is 0 Å². The van der Waals surface area contributed by atoms with Gasteiger partial charge in [0.1, 0.15) is 11.6 Å². The molecular weight excluding hydrogens is 316 g/mol. The summed E-state index contributed by atoms with van der Waals surface area (Å²) >= 11 is 0. The monoisotopic (exact) mass is 330 g/mol. The van der Waals surface area contributed by atoms with E-state index in [0.29, 0.717) is 5.56 Å². The fraction of sp³-hybridized carbons (Fsp3) is 0.286. The van der Waals surface area contributed by atoms with E-state index < -0.39 is 17.7 Å². The molecule has 0 aliphatic rings. The van der Waals surface area contributed by atoms with Crippen LogP contribution in [0, 0.1) is 12.7 Å². The Balaban J connectivity index is 2.33. The minimum Gasteiger partial charge on any atom is -0.395 e. The summed E-state index contributed by atoms with van der Waals surface area (Å²) in [5.41, 5.74) is -0.476. The number of alkyl halides is 3. The van der Waals surface area contributed by atoms with Crippen LogP contribution < -0.4 is 10.6 Å². The van der Waals surface area contributed by atoms with Crippen molar-refractivity contribution in [1.29, 1.82) is 0 Å². The van der Waals surface area contributed by atoms with E-state index in [0.717, 1.165) is 12.1 Å². The third kappa shape index (κ3) is 4.52. The van der Waals surface area contributed by atoms with Crippen LogP contribution in [-0.2, 0) is 6.18 Å². The van der Waals surface area contributed by atoms with Crippen molar-refractivity contribution in [2.24, 2.45) is 0 Å². The number of halogens is 4. The molecule has 23 heavy (non-hydrogen) atoms. The van der Waals surface area contributed by atoms with E-state index in [-0.39, 0.29) is 30.6 Å². The Morgan fingerprint density at radius 3 is 2.52 bits per heavy atom. The molecule has 0 unspecified atom stereocenters. The molecule has 0 aliphatic carbocycles. The van der Waals surface area contributed by atoms with Gasteiger partial charge < -0.3 is 15.7 Å². The maximum atomic E-state index is 13.5. The molecular formula is C14H14F4N4O. The molecule has 1 heterocycles. The molecule has 3 N–H and O–H groups in total. The van der Waals surface area contributed by atoms with Crippen LogP contribution in [-0.4, -0.2) is 28.2 Å². The van der Waals surface area contributed by atoms with Crippen molar-refractivity contribution in [2.45, 2.75) is 13.1 Å². The Hall–Kier alpha value is -2.42. The molecule has 124 valence electrons. The van der Waals surface area contributed by atoms with Gasteiger partial charge in [-0.2, -0.15) is 18.2 Å². The average Bonchev–Trinajstić information content (AvgIpc) is 2.48. The summed E-state index contributed by atoms with van der Waals surface area (Å²) in [4.78, 5) is 7.21. The largest absolute Gasteiger partial charge is 0.433 e. The number of benzene rings is 1. The predicted octanol–water partition coefficient (Wildman–Crippen LogP) is 3.09. The van der Waals surface area contributed by atoms with Crippen LogP contribution in [0.15, 0.2) is 24.3 Å². The molecule has 0 saturated carbocycles.